The second kappa shape index (κ2) is 8.02. The number of benzene rings is 1. The van der Waals surface area contributed by atoms with Gasteiger partial charge in [-0.2, -0.15) is 9.57 Å². The molecule has 0 amide bonds. The van der Waals surface area contributed by atoms with Gasteiger partial charge in [-0.25, -0.2) is 8.42 Å². The highest BCUT2D eigenvalue weighted by Crippen LogP contribution is 2.29. The summed E-state index contributed by atoms with van der Waals surface area (Å²) in [6, 6.07) is 10.5. The third-order valence-corrected chi connectivity index (χ3v) is 6.40. The molecule has 5 nitrogen and oxygen atoms in total. The molecular weight excluding hydrogens is 446 g/mol. The lowest BCUT2D eigenvalue weighted by Gasteiger charge is -2.22. The van der Waals surface area contributed by atoms with Crippen molar-refractivity contribution in [2.45, 2.75) is 17.9 Å². The summed E-state index contributed by atoms with van der Waals surface area (Å²) in [5, 5.41) is 8.82. The number of pyridine rings is 1. The van der Waals surface area contributed by atoms with Crippen LogP contribution in [0.1, 0.15) is 12.0 Å². The molecular formula is C15H13Br2N3O2S. The minimum atomic E-state index is -3.75. The van der Waals surface area contributed by atoms with E-state index in [2.05, 4.69) is 36.8 Å². The average molecular weight is 459 g/mol. The van der Waals surface area contributed by atoms with Crippen molar-refractivity contribution in [2.24, 2.45) is 0 Å². The van der Waals surface area contributed by atoms with Crippen molar-refractivity contribution in [3.63, 3.8) is 0 Å². The highest BCUT2D eigenvalue weighted by molar-refractivity contribution is 9.11. The Bertz CT molecular complexity index is 820. The molecule has 120 valence electrons. The van der Waals surface area contributed by atoms with Gasteiger partial charge in [0.05, 0.1) is 11.0 Å². The van der Waals surface area contributed by atoms with Gasteiger partial charge in [-0.1, -0.05) is 22.0 Å². The van der Waals surface area contributed by atoms with Crippen molar-refractivity contribution >= 4 is 41.9 Å². The lowest BCUT2D eigenvalue weighted by molar-refractivity contribution is 0.412. The average Bonchev–Trinajstić information content (AvgIpc) is 2.54. The Morgan fingerprint density at radius 2 is 2.04 bits per heavy atom. The zero-order valence-corrected chi connectivity index (χ0v) is 16.0. The number of rotatable bonds is 6. The minimum Gasteiger partial charge on any atom is -0.264 e. The summed E-state index contributed by atoms with van der Waals surface area (Å²) in [7, 11) is -3.75. The first-order valence-corrected chi connectivity index (χ1v) is 9.69. The predicted octanol–water partition coefficient (Wildman–Crippen LogP) is 3.71. The smallest absolute Gasteiger partial charge is 0.244 e. The molecule has 0 saturated heterocycles. The Labute approximate surface area is 152 Å². The van der Waals surface area contributed by atoms with Gasteiger partial charge in [0.1, 0.15) is 0 Å². The minimum absolute atomic E-state index is 0.116. The van der Waals surface area contributed by atoms with E-state index in [1.807, 2.05) is 6.07 Å². The van der Waals surface area contributed by atoms with Gasteiger partial charge in [0.15, 0.2) is 0 Å². The molecule has 0 unspecified atom stereocenters. The summed E-state index contributed by atoms with van der Waals surface area (Å²) in [5.74, 6) is 0. The maximum atomic E-state index is 13.0. The second-order valence-corrected chi connectivity index (χ2v) is 8.36. The molecule has 0 saturated carbocycles. The SMILES string of the molecule is N#CCCN(Cc1cccnc1)S(=O)(=O)c1cc(Br)ccc1Br. The predicted molar refractivity (Wildman–Crippen MR) is 93.9 cm³/mol. The lowest BCUT2D eigenvalue weighted by Crippen LogP contribution is -2.31. The summed E-state index contributed by atoms with van der Waals surface area (Å²) in [5.41, 5.74) is 0.764. The van der Waals surface area contributed by atoms with E-state index in [1.165, 1.54) is 4.31 Å². The molecule has 8 heteroatoms. The monoisotopic (exact) mass is 457 g/mol. The summed E-state index contributed by atoms with van der Waals surface area (Å²) in [6.07, 6.45) is 3.36. The largest absolute Gasteiger partial charge is 0.264 e. The molecule has 1 aromatic carbocycles. The Morgan fingerprint density at radius 1 is 1.26 bits per heavy atom. The topological polar surface area (TPSA) is 74.1 Å². The van der Waals surface area contributed by atoms with Crippen LogP contribution in [0.2, 0.25) is 0 Å². The molecule has 0 atom stereocenters. The Kier molecular flexibility index (Phi) is 6.30. The third kappa shape index (κ3) is 4.61. The fourth-order valence-corrected chi connectivity index (χ4v) is 4.86. The van der Waals surface area contributed by atoms with Gasteiger partial charge in [0, 0.05) is 40.8 Å². The van der Waals surface area contributed by atoms with E-state index in [0.717, 1.165) is 5.56 Å². The van der Waals surface area contributed by atoms with Crippen LogP contribution in [0.4, 0.5) is 0 Å². The van der Waals surface area contributed by atoms with E-state index in [9.17, 15) is 8.42 Å². The summed E-state index contributed by atoms with van der Waals surface area (Å²) >= 11 is 6.58. The summed E-state index contributed by atoms with van der Waals surface area (Å²) < 4.78 is 28.4. The molecule has 0 N–H and O–H groups in total. The van der Waals surface area contributed by atoms with Crippen LogP contribution < -0.4 is 0 Å². The number of sulfonamides is 1. The van der Waals surface area contributed by atoms with Gasteiger partial charge < -0.3 is 0 Å². The molecule has 0 spiro atoms. The molecule has 0 bridgehead atoms. The zero-order valence-electron chi connectivity index (χ0n) is 12.0. The van der Waals surface area contributed by atoms with Crippen LogP contribution in [0.5, 0.6) is 0 Å². The van der Waals surface area contributed by atoms with E-state index in [0.29, 0.717) is 8.95 Å². The number of hydrogen-bond donors (Lipinski definition) is 0. The first kappa shape index (κ1) is 18.1. The van der Waals surface area contributed by atoms with Crippen molar-refractivity contribution in [1.29, 1.82) is 5.26 Å². The Morgan fingerprint density at radius 3 is 2.70 bits per heavy atom. The summed E-state index contributed by atoms with van der Waals surface area (Å²) in [6.45, 7) is 0.281. The Balaban J connectivity index is 2.40. The van der Waals surface area contributed by atoms with Crippen LogP contribution in [-0.4, -0.2) is 24.3 Å². The quantitative estimate of drug-likeness (QED) is 0.661. The van der Waals surface area contributed by atoms with E-state index >= 15 is 0 Å². The fraction of sp³-hybridized carbons (Fsp3) is 0.200. The van der Waals surface area contributed by atoms with Crippen LogP contribution in [0.25, 0.3) is 0 Å². The van der Waals surface area contributed by atoms with Crippen LogP contribution in [0, 0.1) is 11.3 Å². The molecule has 0 fully saturated rings. The number of hydrogen-bond acceptors (Lipinski definition) is 4. The first-order valence-electron chi connectivity index (χ1n) is 6.66. The molecule has 1 heterocycles. The summed E-state index contributed by atoms with van der Waals surface area (Å²) in [4.78, 5) is 4.16. The molecule has 0 aliphatic heterocycles. The number of nitriles is 1. The maximum Gasteiger partial charge on any atom is 0.244 e. The van der Waals surface area contributed by atoms with Crippen molar-refractivity contribution < 1.29 is 8.42 Å². The van der Waals surface area contributed by atoms with Crippen LogP contribution >= 0.6 is 31.9 Å². The maximum absolute atomic E-state index is 13.0. The standard InChI is InChI=1S/C15H13Br2N3O2S/c16-13-4-5-14(17)15(9-13)23(21,22)20(8-2-6-18)11-12-3-1-7-19-10-12/h1,3-5,7,9-10H,2,8,11H2. The molecule has 0 aliphatic carbocycles. The van der Waals surface area contributed by atoms with E-state index in [4.69, 9.17) is 5.26 Å². The van der Waals surface area contributed by atoms with Gasteiger partial charge >= 0.3 is 0 Å². The van der Waals surface area contributed by atoms with Gasteiger partial charge in [0.25, 0.3) is 0 Å². The van der Waals surface area contributed by atoms with Gasteiger partial charge in [-0.15, -0.1) is 0 Å². The third-order valence-electron chi connectivity index (χ3n) is 3.07. The molecule has 1 aromatic heterocycles. The number of nitrogens with zero attached hydrogens (tertiary/aromatic N) is 3. The van der Waals surface area contributed by atoms with Crippen molar-refractivity contribution in [3.05, 3.63) is 57.2 Å². The lowest BCUT2D eigenvalue weighted by atomic mass is 10.3. The van der Waals surface area contributed by atoms with Crippen LogP contribution in [0.3, 0.4) is 0 Å². The number of halogens is 2. The van der Waals surface area contributed by atoms with Gasteiger partial charge in [0.2, 0.25) is 10.0 Å². The first-order chi connectivity index (χ1) is 10.9. The van der Waals surface area contributed by atoms with E-state index < -0.39 is 10.0 Å². The van der Waals surface area contributed by atoms with Crippen LogP contribution in [0.15, 0.2) is 56.6 Å². The molecule has 0 radical (unpaired) electrons. The Hall–Kier alpha value is -1.27. The molecule has 2 aromatic rings. The molecule has 23 heavy (non-hydrogen) atoms. The fourth-order valence-electron chi connectivity index (χ4n) is 1.97. The molecule has 0 aliphatic rings. The number of aromatic nitrogens is 1. The van der Waals surface area contributed by atoms with E-state index in [-0.39, 0.29) is 24.4 Å². The van der Waals surface area contributed by atoms with Gasteiger partial charge in [-0.3, -0.25) is 4.98 Å². The highest BCUT2D eigenvalue weighted by Gasteiger charge is 2.26. The normalized spacial score (nSPS) is 11.4. The highest BCUT2D eigenvalue weighted by atomic mass is 79.9. The molecule has 2 rings (SSSR count). The van der Waals surface area contributed by atoms with E-state index in [1.54, 1.807) is 42.7 Å². The second-order valence-electron chi connectivity index (χ2n) is 4.68. The zero-order chi connectivity index (χ0) is 16.9. The van der Waals surface area contributed by atoms with Gasteiger partial charge in [-0.05, 0) is 45.8 Å². The van der Waals surface area contributed by atoms with Crippen molar-refractivity contribution in [2.75, 3.05) is 6.54 Å². The van der Waals surface area contributed by atoms with Crippen LogP contribution in [-0.2, 0) is 16.6 Å². The van der Waals surface area contributed by atoms with Crippen molar-refractivity contribution in [1.82, 2.24) is 9.29 Å². The van der Waals surface area contributed by atoms with Crippen molar-refractivity contribution in [3.8, 4) is 6.07 Å².